The van der Waals surface area contributed by atoms with Crippen LogP contribution < -0.4 is 5.73 Å². The van der Waals surface area contributed by atoms with E-state index in [1.807, 2.05) is 0 Å². The summed E-state index contributed by atoms with van der Waals surface area (Å²) in [5, 5.41) is 10.9. The van der Waals surface area contributed by atoms with Gasteiger partial charge in [0.25, 0.3) is 0 Å². The van der Waals surface area contributed by atoms with Crippen molar-refractivity contribution in [2.75, 3.05) is 20.6 Å². The first-order valence-electron chi connectivity index (χ1n) is 18.3. The Kier molecular flexibility index (Phi) is 29.8. The number of carbonyl (C=O) groups is 2. The molecule has 0 amide bonds. The summed E-state index contributed by atoms with van der Waals surface area (Å²) < 4.78 is 0. The van der Waals surface area contributed by atoms with E-state index in [0.29, 0.717) is 12.8 Å². The van der Waals surface area contributed by atoms with Crippen LogP contribution in [0.3, 0.4) is 0 Å². The number of hydrogen-bond donors (Lipinski definition) is 2. The minimum atomic E-state index is -0.988. The van der Waals surface area contributed by atoms with E-state index in [-0.39, 0.29) is 18.1 Å². The number of carbonyl (C=O) groups excluding carboxylic acids is 2. The Hall–Kier alpha value is -1.30. The molecule has 0 aromatic carbocycles. The van der Waals surface area contributed by atoms with Gasteiger partial charge in [-0.05, 0) is 78.3 Å². The van der Waals surface area contributed by atoms with Gasteiger partial charge in [-0.15, -0.1) is 0 Å². The van der Waals surface area contributed by atoms with Gasteiger partial charge in [-0.25, -0.2) is 0 Å². The van der Waals surface area contributed by atoms with Crippen molar-refractivity contribution in [2.24, 2.45) is 17.6 Å². The maximum atomic E-state index is 13.3. The third kappa shape index (κ3) is 23.7. The summed E-state index contributed by atoms with van der Waals surface area (Å²) in [5.41, 5.74) is 6.05. The molecule has 0 aromatic rings. The number of hydrogen-bond acceptors (Lipinski definition) is 5. The zero-order chi connectivity index (χ0) is 32.0. The van der Waals surface area contributed by atoms with Crippen molar-refractivity contribution in [1.82, 2.24) is 4.90 Å². The summed E-state index contributed by atoms with van der Waals surface area (Å²) in [6.07, 6.45) is 35.1. The minimum Gasteiger partial charge on any atom is -0.378 e. The molecule has 252 valence electrons. The van der Waals surface area contributed by atoms with Crippen molar-refractivity contribution in [3.8, 4) is 0 Å². The maximum Gasteiger partial charge on any atom is 0.140 e. The largest absolute Gasteiger partial charge is 0.378 e. The standard InChI is InChI=1S/C38H72N2O3/c1-5-7-9-11-13-15-17-19-21-23-25-27-29-31-35(41)34(33-39)37(38(43)40(3)4)36(42)32-30-28-26-24-22-20-18-16-14-12-10-8-6-2/h15-18,34,37-38,43H,5-14,19-33,39H2,1-4H3/b17-15-,18-16-. The summed E-state index contributed by atoms with van der Waals surface area (Å²) in [4.78, 5) is 28.1. The molecule has 3 atom stereocenters. The third-order valence-corrected chi connectivity index (χ3v) is 8.69. The molecule has 3 unspecified atom stereocenters. The maximum absolute atomic E-state index is 13.3. The molecule has 3 N–H and O–H groups in total. The van der Waals surface area contributed by atoms with Crippen molar-refractivity contribution >= 4 is 11.6 Å². The number of rotatable bonds is 32. The van der Waals surface area contributed by atoms with Crippen molar-refractivity contribution in [3.05, 3.63) is 24.3 Å². The van der Waals surface area contributed by atoms with Crippen LogP contribution in [0.5, 0.6) is 0 Å². The normalized spacial score (nSPS) is 14.2. The fourth-order valence-corrected chi connectivity index (χ4v) is 5.78. The first-order chi connectivity index (χ1) is 20.9. The van der Waals surface area contributed by atoms with E-state index in [1.165, 1.54) is 89.9 Å². The minimum absolute atomic E-state index is 0.0191. The van der Waals surface area contributed by atoms with Gasteiger partial charge in [0.1, 0.15) is 17.8 Å². The van der Waals surface area contributed by atoms with E-state index in [2.05, 4.69) is 38.2 Å². The average Bonchev–Trinajstić information content (AvgIpc) is 2.99. The number of nitrogens with two attached hydrogens (primary N) is 1. The molecule has 0 aromatic heterocycles. The first kappa shape index (κ1) is 41.7. The molecule has 43 heavy (non-hydrogen) atoms. The van der Waals surface area contributed by atoms with E-state index in [4.69, 9.17) is 5.73 Å². The van der Waals surface area contributed by atoms with E-state index >= 15 is 0 Å². The second-order valence-corrected chi connectivity index (χ2v) is 12.9. The highest BCUT2D eigenvalue weighted by molar-refractivity contribution is 5.90. The van der Waals surface area contributed by atoms with Gasteiger partial charge in [-0.1, -0.05) is 115 Å². The monoisotopic (exact) mass is 605 g/mol. The lowest BCUT2D eigenvalue weighted by Gasteiger charge is -2.32. The molecule has 0 fully saturated rings. The Morgan fingerprint density at radius 2 is 0.930 bits per heavy atom. The number of Topliss-reactive ketones (excluding diaryl/α,β-unsaturated/α-hetero) is 2. The smallest absolute Gasteiger partial charge is 0.140 e. The Balaban J connectivity index is 4.33. The van der Waals surface area contributed by atoms with Gasteiger partial charge in [0.05, 0.1) is 5.92 Å². The van der Waals surface area contributed by atoms with Crippen LogP contribution in [0, 0.1) is 11.8 Å². The summed E-state index contributed by atoms with van der Waals surface area (Å²) in [6.45, 7) is 4.60. The molecule has 0 rings (SSSR count). The van der Waals surface area contributed by atoms with Gasteiger partial charge in [0.2, 0.25) is 0 Å². The zero-order valence-electron chi connectivity index (χ0n) is 29.0. The third-order valence-electron chi connectivity index (χ3n) is 8.69. The molecular formula is C38H72N2O3. The number of nitrogens with zero attached hydrogens (tertiary/aromatic N) is 1. The number of unbranched alkanes of at least 4 members (excludes halogenated alkanes) is 18. The van der Waals surface area contributed by atoms with Crippen molar-refractivity contribution in [2.45, 2.75) is 174 Å². The lowest BCUT2D eigenvalue weighted by Crippen LogP contribution is -2.47. The fraction of sp³-hybridized carbons (Fsp3) is 0.842. The Bertz CT molecular complexity index is 703. The molecule has 0 aliphatic heterocycles. The molecule has 0 bridgehead atoms. The van der Waals surface area contributed by atoms with Crippen molar-refractivity contribution in [1.29, 1.82) is 0 Å². The predicted octanol–water partition coefficient (Wildman–Crippen LogP) is 9.71. The summed E-state index contributed by atoms with van der Waals surface area (Å²) in [6, 6.07) is 0. The molecule has 0 spiro atoms. The number of aliphatic hydroxyl groups excluding tert-OH is 1. The quantitative estimate of drug-likeness (QED) is 0.0454. The molecule has 0 heterocycles. The van der Waals surface area contributed by atoms with Crippen molar-refractivity contribution < 1.29 is 14.7 Å². The van der Waals surface area contributed by atoms with Gasteiger partial charge in [-0.3, -0.25) is 14.5 Å². The van der Waals surface area contributed by atoms with E-state index in [9.17, 15) is 14.7 Å². The second-order valence-electron chi connectivity index (χ2n) is 12.9. The summed E-state index contributed by atoms with van der Waals surface area (Å²) in [5.74, 6) is -1.34. The molecule has 0 saturated heterocycles. The lowest BCUT2D eigenvalue weighted by atomic mass is 9.80. The molecule has 0 aliphatic rings. The van der Waals surface area contributed by atoms with Gasteiger partial charge in [0.15, 0.2) is 0 Å². The molecule has 5 nitrogen and oxygen atoms in total. The SMILES string of the molecule is CCCCCC/C=C\CCCCCCCC(=O)C(CN)C(C(=O)CCCCCCC/C=C\CCCCCC)C(O)N(C)C. The van der Waals surface area contributed by atoms with Crippen LogP contribution >= 0.6 is 0 Å². The van der Waals surface area contributed by atoms with Gasteiger partial charge in [-0.2, -0.15) is 0 Å². The molecule has 0 aliphatic carbocycles. The van der Waals surface area contributed by atoms with E-state index < -0.39 is 18.1 Å². The van der Waals surface area contributed by atoms with Crippen LogP contribution in [0.1, 0.15) is 168 Å². The van der Waals surface area contributed by atoms with Crippen LogP contribution in [0.25, 0.3) is 0 Å². The predicted molar refractivity (Wildman–Crippen MR) is 186 cm³/mol. The van der Waals surface area contributed by atoms with E-state index in [1.54, 1.807) is 19.0 Å². The highest BCUT2D eigenvalue weighted by Gasteiger charge is 2.37. The molecule has 0 saturated carbocycles. The van der Waals surface area contributed by atoms with Gasteiger partial charge < -0.3 is 10.8 Å². The summed E-state index contributed by atoms with van der Waals surface area (Å²) in [7, 11) is 3.51. The van der Waals surface area contributed by atoms with Crippen LogP contribution in [-0.4, -0.2) is 48.4 Å². The Morgan fingerprint density at radius 1 is 0.581 bits per heavy atom. The number of ketones is 2. The Morgan fingerprint density at radius 3 is 1.30 bits per heavy atom. The highest BCUT2D eigenvalue weighted by Crippen LogP contribution is 2.25. The molecule has 0 radical (unpaired) electrons. The number of allylic oxidation sites excluding steroid dienone is 4. The van der Waals surface area contributed by atoms with Gasteiger partial charge in [0, 0.05) is 25.3 Å². The molecule has 5 heteroatoms. The van der Waals surface area contributed by atoms with Crippen LogP contribution in [-0.2, 0) is 9.59 Å². The molecular weight excluding hydrogens is 532 g/mol. The fourth-order valence-electron chi connectivity index (χ4n) is 5.78. The average molecular weight is 605 g/mol. The second kappa shape index (κ2) is 30.7. The number of aliphatic hydroxyl groups is 1. The summed E-state index contributed by atoms with van der Waals surface area (Å²) >= 11 is 0. The zero-order valence-corrected chi connectivity index (χ0v) is 29.0. The lowest BCUT2D eigenvalue weighted by molar-refractivity contribution is -0.142. The highest BCUT2D eigenvalue weighted by atomic mass is 16.3. The topological polar surface area (TPSA) is 83.6 Å². The van der Waals surface area contributed by atoms with Gasteiger partial charge >= 0.3 is 0 Å². The van der Waals surface area contributed by atoms with Crippen LogP contribution in [0.4, 0.5) is 0 Å². The Labute approximate surface area is 267 Å². The van der Waals surface area contributed by atoms with Crippen LogP contribution in [0.15, 0.2) is 24.3 Å². The van der Waals surface area contributed by atoms with Crippen molar-refractivity contribution in [3.63, 3.8) is 0 Å². The van der Waals surface area contributed by atoms with E-state index in [0.717, 1.165) is 51.4 Å². The first-order valence-corrected chi connectivity index (χ1v) is 18.3. The van der Waals surface area contributed by atoms with Crippen LogP contribution in [0.2, 0.25) is 0 Å².